The number of nitrogens with zero attached hydrogens (tertiary/aromatic N) is 4. The summed E-state index contributed by atoms with van der Waals surface area (Å²) in [4.78, 5) is 30.9. The van der Waals surface area contributed by atoms with Crippen molar-refractivity contribution in [2.75, 3.05) is 12.4 Å². The minimum Gasteiger partial charge on any atom is -0.378 e. The van der Waals surface area contributed by atoms with E-state index in [4.69, 9.17) is 9.26 Å². The Balaban J connectivity index is 1.52. The van der Waals surface area contributed by atoms with Gasteiger partial charge in [0.15, 0.2) is 0 Å². The molecule has 0 spiro atoms. The summed E-state index contributed by atoms with van der Waals surface area (Å²) in [6.07, 6.45) is 10.9. The Bertz CT molecular complexity index is 1130. The highest BCUT2D eigenvalue weighted by Crippen LogP contribution is 2.27. The van der Waals surface area contributed by atoms with E-state index in [0.29, 0.717) is 11.5 Å². The van der Waals surface area contributed by atoms with Gasteiger partial charge in [0.1, 0.15) is 29.4 Å². The van der Waals surface area contributed by atoms with Crippen LogP contribution in [0.15, 0.2) is 35.3 Å². The van der Waals surface area contributed by atoms with Crippen LogP contribution < -0.4 is 10.6 Å². The molecule has 0 aromatic carbocycles. The first-order valence-electron chi connectivity index (χ1n) is 12.0. The molecule has 0 aliphatic heterocycles. The molecule has 0 saturated heterocycles. The molecule has 4 rings (SSSR count). The van der Waals surface area contributed by atoms with E-state index in [0.717, 1.165) is 55.3 Å². The number of aromatic nitrogens is 4. The molecular weight excluding hydrogens is 448 g/mol. The lowest BCUT2D eigenvalue weighted by atomic mass is 9.91. The van der Waals surface area contributed by atoms with E-state index in [1.807, 2.05) is 20.0 Å². The van der Waals surface area contributed by atoms with Crippen molar-refractivity contribution in [1.82, 2.24) is 25.2 Å². The number of ether oxygens (including phenoxy) is 1. The summed E-state index contributed by atoms with van der Waals surface area (Å²) in [5, 5.41) is 14.0. The van der Waals surface area contributed by atoms with Crippen molar-refractivity contribution in [3.8, 4) is 11.3 Å². The van der Waals surface area contributed by atoms with Crippen LogP contribution >= 0.6 is 0 Å². The van der Waals surface area contributed by atoms with Gasteiger partial charge >= 0.3 is 0 Å². The van der Waals surface area contributed by atoms with Gasteiger partial charge in [-0.2, -0.15) is 5.10 Å². The molecule has 1 fully saturated rings. The minimum atomic E-state index is -0.702. The van der Waals surface area contributed by atoms with E-state index >= 15 is 0 Å². The maximum atomic E-state index is 13.4. The molecular formula is C25H32N6O4. The van der Waals surface area contributed by atoms with Crippen LogP contribution in [-0.4, -0.2) is 44.9 Å². The number of methoxy groups -OCH3 is 1. The van der Waals surface area contributed by atoms with Crippen molar-refractivity contribution in [3.63, 3.8) is 0 Å². The molecule has 2 amide bonds. The van der Waals surface area contributed by atoms with Gasteiger partial charge in [0, 0.05) is 25.9 Å². The zero-order valence-electron chi connectivity index (χ0n) is 20.4. The van der Waals surface area contributed by atoms with Crippen molar-refractivity contribution in [2.24, 2.45) is 13.0 Å². The van der Waals surface area contributed by atoms with Crippen LogP contribution in [-0.2, 0) is 23.2 Å². The molecule has 1 aliphatic carbocycles. The number of rotatable bonds is 8. The smallest absolute Gasteiger partial charge is 0.257 e. The number of carbonyl (C=O) groups is 2. The molecule has 0 bridgehead atoms. The second-order valence-corrected chi connectivity index (χ2v) is 9.03. The third kappa shape index (κ3) is 5.76. The van der Waals surface area contributed by atoms with Crippen molar-refractivity contribution < 1.29 is 18.8 Å². The predicted molar refractivity (Wildman–Crippen MR) is 129 cm³/mol. The number of nitrogens with one attached hydrogen (secondary N) is 2. The van der Waals surface area contributed by atoms with E-state index in [2.05, 4.69) is 25.9 Å². The van der Waals surface area contributed by atoms with Crippen LogP contribution in [0.2, 0.25) is 0 Å². The van der Waals surface area contributed by atoms with Gasteiger partial charge in [-0.25, -0.2) is 4.98 Å². The van der Waals surface area contributed by atoms with Crippen LogP contribution in [0.1, 0.15) is 60.1 Å². The second kappa shape index (κ2) is 11.3. The minimum absolute atomic E-state index is 0.0311. The Hall–Kier alpha value is -3.53. The van der Waals surface area contributed by atoms with Crippen LogP contribution in [0.3, 0.4) is 0 Å². The third-order valence-corrected chi connectivity index (χ3v) is 6.52. The third-order valence-electron chi connectivity index (χ3n) is 6.52. The quantitative estimate of drug-likeness (QED) is 0.472. The van der Waals surface area contributed by atoms with Gasteiger partial charge in [-0.1, -0.05) is 30.8 Å². The summed E-state index contributed by atoms with van der Waals surface area (Å²) in [5.74, 6) is -0.232. The first-order chi connectivity index (χ1) is 17.0. The predicted octanol–water partition coefficient (Wildman–Crippen LogP) is 3.63. The van der Waals surface area contributed by atoms with Gasteiger partial charge in [0.05, 0.1) is 18.5 Å². The SMILES string of the molecule is COCc1nocc1C(=O)NC(C(=O)Nc1ccc(-c2c(C)cnn2C)cn1)C1CCCCCC1. The molecule has 3 heterocycles. The van der Waals surface area contributed by atoms with Gasteiger partial charge in [0.2, 0.25) is 5.91 Å². The van der Waals surface area contributed by atoms with E-state index in [9.17, 15) is 9.59 Å². The molecule has 3 aromatic heterocycles. The number of anilines is 1. The fourth-order valence-electron chi connectivity index (χ4n) is 4.72. The Kier molecular flexibility index (Phi) is 7.91. The van der Waals surface area contributed by atoms with Crippen LogP contribution in [0.4, 0.5) is 5.82 Å². The first kappa shape index (κ1) is 24.6. The zero-order chi connectivity index (χ0) is 24.8. The fraction of sp³-hybridized carbons (Fsp3) is 0.480. The van der Waals surface area contributed by atoms with E-state index in [-0.39, 0.29) is 24.0 Å². The summed E-state index contributed by atoms with van der Waals surface area (Å²) in [5.41, 5.74) is 3.59. The molecule has 35 heavy (non-hydrogen) atoms. The molecule has 0 radical (unpaired) electrons. The second-order valence-electron chi connectivity index (χ2n) is 9.03. The van der Waals surface area contributed by atoms with Crippen molar-refractivity contribution in [3.05, 3.63) is 47.6 Å². The lowest BCUT2D eigenvalue weighted by Gasteiger charge is -2.26. The average molecular weight is 481 g/mol. The van der Waals surface area contributed by atoms with Crippen molar-refractivity contribution in [1.29, 1.82) is 0 Å². The number of hydrogen-bond acceptors (Lipinski definition) is 7. The maximum Gasteiger partial charge on any atom is 0.257 e. The highest BCUT2D eigenvalue weighted by atomic mass is 16.5. The number of pyridine rings is 1. The van der Waals surface area contributed by atoms with Gasteiger partial charge in [-0.3, -0.25) is 14.3 Å². The lowest BCUT2D eigenvalue weighted by Crippen LogP contribution is -2.48. The highest BCUT2D eigenvalue weighted by Gasteiger charge is 2.32. The van der Waals surface area contributed by atoms with Crippen LogP contribution in [0.5, 0.6) is 0 Å². The summed E-state index contributed by atoms with van der Waals surface area (Å²) < 4.78 is 11.9. The molecule has 1 unspecified atom stereocenters. The Morgan fingerprint density at radius 2 is 1.97 bits per heavy atom. The lowest BCUT2D eigenvalue weighted by molar-refractivity contribution is -0.119. The number of carbonyl (C=O) groups excluding carboxylic acids is 2. The molecule has 2 N–H and O–H groups in total. The van der Waals surface area contributed by atoms with E-state index in [1.54, 1.807) is 23.1 Å². The molecule has 1 atom stereocenters. The summed E-state index contributed by atoms with van der Waals surface area (Å²) in [6, 6.07) is 2.97. The van der Waals surface area contributed by atoms with Gasteiger partial charge in [-0.05, 0) is 43.4 Å². The summed E-state index contributed by atoms with van der Waals surface area (Å²) >= 11 is 0. The Morgan fingerprint density at radius 3 is 2.60 bits per heavy atom. The Labute approximate surface area is 204 Å². The van der Waals surface area contributed by atoms with Gasteiger partial charge in [0.25, 0.3) is 5.91 Å². The monoisotopic (exact) mass is 480 g/mol. The first-order valence-corrected chi connectivity index (χ1v) is 12.0. The summed E-state index contributed by atoms with van der Waals surface area (Å²) in [7, 11) is 3.40. The largest absolute Gasteiger partial charge is 0.378 e. The fourth-order valence-corrected chi connectivity index (χ4v) is 4.72. The average Bonchev–Trinajstić information content (AvgIpc) is 3.34. The van der Waals surface area contributed by atoms with Gasteiger partial charge < -0.3 is 19.9 Å². The Morgan fingerprint density at radius 1 is 1.20 bits per heavy atom. The summed E-state index contributed by atoms with van der Waals surface area (Å²) in [6.45, 7) is 2.14. The number of aryl methyl sites for hydroxylation is 2. The molecule has 3 aromatic rings. The van der Waals surface area contributed by atoms with Crippen molar-refractivity contribution >= 4 is 17.6 Å². The van der Waals surface area contributed by atoms with E-state index in [1.165, 1.54) is 13.4 Å². The molecule has 1 saturated carbocycles. The molecule has 1 aliphatic rings. The molecule has 10 heteroatoms. The maximum absolute atomic E-state index is 13.4. The molecule has 186 valence electrons. The molecule has 10 nitrogen and oxygen atoms in total. The van der Waals surface area contributed by atoms with Crippen LogP contribution in [0, 0.1) is 12.8 Å². The van der Waals surface area contributed by atoms with E-state index < -0.39 is 11.9 Å². The number of amides is 2. The van der Waals surface area contributed by atoms with Crippen molar-refractivity contribution in [2.45, 2.75) is 58.1 Å². The number of hydrogen-bond donors (Lipinski definition) is 2. The van der Waals surface area contributed by atoms with Crippen LogP contribution in [0.25, 0.3) is 11.3 Å². The zero-order valence-corrected chi connectivity index (χ0v) is 20.4. The normalized spacial score (nSPS) is 15.4. The van der Waals surface area contributed by atoms with Gasteiger partial charge in [-0.15, -0.1) is 0 Å². The standard InChI is InChI=1S/C25H32N6O4/c1-16-12-27-31(2)23(16)18-10-11-21(26-13-18)28-25(33)22(17-8-6-4-5-7-9-17)29-24(32)19-14-35-30-20(19)15-34-3/h10-14,17,22H,4-9,15H2,1-3H3,(H,29,32)(H,26,28,33). The topological polar surface area (TPSA) is 124 Å². The highest BCUT2D eigenvalue weighted by molar-refractivity contribution is 6.01.